The SMILES string of the molecule is COc1cc(/C=C2/SC(=O)N(CC(=O)O)C2=O)cc(I)c1OCc1cccc(C(=O)O)c1. The topological polar surface area (TPSA) is 130 Å². The summed E-state index contributed by atoms with van der Waals surface area (Å²) in [7, 11) is 1.45. The highest BCUT2D eigenvalue weighted by molar-refractivity contribution is 14.1. The number of thioether (sulfide) groups is 1. The minimum atomic E-state index is -1.28. The summed E-state index contributed by atoms with van der Waals surface area (Å²) in [5.41, 5.74) is 1.38. The van der Waals surface area contributed by atoms with Gasteiger partial charge in [-0.1, -0.05) is 12.1 Å². The molecule has 2 N–H and O–H groups in total. The molecule has 2 aromatic rings. The van der Waals surface area contributed by atoms with Crippen molar-refractivity contribution in [1.82, 2.24) is 4.90 Å². The van der Waals surface area contributed by atoms with E-state index in [1.165, 1.54) is 25.3 Å². The van der Waals surface area contributed by atoms with E-state index in [0.717, 1.165) is 0 Å². The second kappa shape index (κ2) is 10.0. The number of halogens is 1. The molecule has 32 heavy (non-hydrogen) atoms. The van der Waals surface area contributed by atoms with Gasteiger partial charge in [-0.2, -0.15) is 0 Å². The van der Waals surface area contributed by atoms with Gasteiger partial charge in [0.2, 0.25) is 0 Å². The van der Waals surface area contributed by atoms with Gasteiger partial charge in [0.25, 0.3) is 11.1 Å². The minimum Gasteiger partial charge on any atom is -0.493 e. The number of ether oxygens (including phenoxy) is 2. The first kappa shape index (κ1) is 23.6. The third-order valence-corrected chi connectivity index (χ3v) is 5.98. The molecule has 0 atom stereocenters. The Hall–Kier alpha value is -3.06. The number of carboxylic acids is 2. The van der Waals surface area contributed by atoms with E-state index in [1.54, 1.807) is 24.3 Å². The molecule has 2 aromatic carbocycles. The first-order chi connectivity index (χ1) is 15.2. The maximum atomic E-state index is 12.3. The summed E-state index contributed by atoms with van der Waals surface area (Å²) in [6.45, 7) is -0.584. The molecule has 0 aromatic heterocycles. The van der Waals surface area contributed by atoms with E-state index in [9.17, 15) is 19.2 Å². The number of aliphatic carboxylic acids is 1. The fourth-order valence-electron chi connectivity index (χ4n) is 2.84. The first-order valence-corrected chi connectivity index (χ1v) is 10.9. The Kier molecular flexibility index (Phi) is 7.40. The lowest BCUT2D eigenvalue weighted by atomic mass is 10.1. The van der Waals surface area contributed by atoms with Crippen molar-refractivity contribution in [2.75, 3.05) is 13.7 Å². The second-order valence-corrected chi connectivity index (χ2v) is 8.65. The third-order valence-electron chi connectivity index (χ3n) is 4.27. The Balaban J connectivity index is 1.82. The van der Waals surface area contributed by atoms with Crippen LogP contribution in [-0.4, -0.2) is 51.9 Å². The van der Waals surface area contributed by atoms with E-state index in [-0.39, 0.29) is 17.1 Å². The van der Waals surface area contributed by atoms with Crippen molar-refractivity contribution >= 4 is 63.5 Å². The summed E-state index contributed by atoms with van der Waals surface area (Å²) in [5, 5.41) is 17.3. The summed E-state index contributed by atoms with van der Waals surface area (Å²) in [4.78, 5) is 47.0. The zero-order valence-corrected chi connectivity index (χ0v) is 19.5. The van der Waals surface area contributed by atoms with Gasteiger partial charge in [0, 0.05) is 0 Å². The number of carbonyl (C=O) groups excluding carboxylic acids is 2. The van der Waals surface area contributed by atoms with Crippen molar-refractivity contribution in [2.45, 2.75) is 6.61 Å². The number of imide groups is 1. The van der Waals surface area contributed by atoms with Crippen LogP contribution < -0.4 is 9.47 Å². The van der Waals surface area contributed by atoms with Gasteiger partial charge in [-0.3, -0.25) is 19.3 Å². The van der Waals surface area contributed by atoms with E-state index in [4.69, 9.17) is 19.7 Å². The molecular weight excluding hydrogens is 553 g/mol. The predicted molar refractivity (Wildman–Crippen MR) is 124 cm³/mol. The van der Waals surface area contributed by atoms with Crippen LogP contribution in [0.4, 0.5) is 4.79 Å². The molecule has 1 heterocycles. The molecule has 3 rings (SSSR count). The van der Waals surface area contributed by atoms with E-state index >= 15 is 0 Å². The molecule has 0 spiro atoms. The highest BCUT2D eigenvalue weighted by Crippen LogP contribution is 2.37. The quantitative estimate of drug-likeness (QED) is 0.361. The van der Waals surface area contributed by atoms with Crippen molar-refractivity contribution in [3.8, 4) is 11.5 Å². The second-order valence-electron chi connectivity index (χ2n) is 6.49. The predicted octanol–water partition coefficient (Wildman–Crippen LogP) is 3.70. The summed E-state index contributed by atoms with van der Waals surface area (Å²) in [6.07, 6.45) is 1.48. The van der Waals surface area contributed by atoms with Crippen molar-refractivity contribution in [2.24, 2.45) is 0 Å². The average molecular weight is 569 g/mol. The summed E-state index contributed by atoms with van der Waals surface area (Å²) >= 11 is 2.70. The van der Waals surface area contributed by atoms with Crippen molar-refractivity contribution in [3.63, 3.8) is 0 Å². The molecule has 1 aliphatic rings. The van der Waals surface area contributed by atoms with Crippen LogP contribution in [0.1, 0.15) is 21.5 Å². The highest BCUT2D eigenvalue weighted by atomic mass is 127. The van der Waals surface area contributed by atoms with Gasteiger partial charge < -0.3 is 19.7 Å². The van der Waals surface area contributed by atoms with Crippen LogP contribution in [0.3, 0.4) is 0 Å². The molecule has 1 aliphatic heterocycles. The number of aromatic carboxylic acids is 1. The van der Waals surface area contributed by atoms with E-state index in [2.05, 4.69) is 0 Å². The molecule has 1 saturated heterocycles. The number of amides is 2. The Morgan fingerprint density at radius 2 is 1.94 bits per heavy atom. The number of rotatable bonds is 8. The van der Waals surface area contributed by atoms with Gasteiger partial charge in [-0.05, 0) is 75.8 Å². The Bertz CT molecular complexity index is 1150. The molecule has 0 unspecified atom stereocenters. The maximum Gasteiger partial charge on any atom is 0.335 e. The smallest absolute Gasteiger partial charge is 0.335 e. The van der Waals surface area contributed by atoms with Crippen molar-refractivity contribution < 1.29 is 38.9 Å². The summed E-state index contributed by atoms with van der Waals surface area (Å²) in [5.74, 6) is -2.17. The lowest BCUT2D eigenvalue weighted by molar-refractivity contribution is -0.140. The Morgan fingerprint density at radius 1 is 1.19 bits per heavy atom. The van der Waals surface area contributed by atoms with Gasteiger partial charge in [0.15, 0.2) is 11.5 Å². The molecule has 0 saturated carbocycles. The molecular formula is C21H16INO8S. The van der Waals surface area contributed by atoms with Gasteiger partial charge in [-0.25, -0.2) is 4.79 Å². The number of benzene rings is 2. The molecule has 166 valence electrons. The van der Waals surface area contributed by atoms with Gasteiger partial charge >= 0.3 is 11.9 Å². The lowest BCUT2D eigenvalue weighted by Gasteiger charge is -2.14. The van der Waals surface area contributed by atoms with E-state index in [1.807, 2.05) is 22.6 Å². The zero-order chi connectivity index (χ0) is 23.4. The molecule has 11 heteroatoms. The standard InChI is InChI=1S/C21H16INO8S/c1-30-15-7-12(8-16-19(26)23(9-17(24)25)21(29)32-16)6-14(22)18(15)31-10-11-3-2-4-13(5-11)20(27)28/h2-8H,9-10H2,1H3,(H,24,25)(H,27,28)/b16-8+. The number of nitrogens with zero attached hydrogens (tertiary/aromatic N) is 1. The average Bonchev–Trinajstić information content (AvgIpc) is 2.99. The fraction of sp³-hybridized carbons (Fsp3) is 0.143. The Labute approximate surface area is 200 Å². The monoisotopic (exact) mass is 569 g/mol. The van der Waals surface area contributed by atoms with Crippen molar-refractivity contribution in [3.05, 3.63) is 61.6 Å². The van der Waals surface area contributed by atoms with Crippen LogP contribution in [0.2, 0.25) is 0 Å². The van der Waals surface area contributed by atoms with Gasteiger partial charge in [0.1, 0.15) is 13.2 Å². The first-order valence-electron chi connectivity index (χ1n) is 8.99. The molecule has 1 fully saturated rings. The van der Waals surface area contributed by atoms with E-state index < -0.39 is 29.6 Å². The number of carbonyl (C=O) groups is 4. The highest BCUT2D eigenvalue weighted by Gasteiger charge is 2.36. The number of hydrogen-bond acceptors (Lipinski definition) is 7. The Morgan fingerprint density at radius 3 is 2.59 bits per heavy atom. The number of carboxylic acid groups (broad SMARTS) is 2. The number of methoxy groups -OCH3 is 1. The van der Waals surface area contributed by atoms with Crippen LogP contribution in [0, 0.1) is 3.57 Å². The molecule has 9 nitrogen and oxygen atoms in total. The summed E-state index contributed by atoms with van der Waals surface area (Å²) in [6, 6.07) is 9.72. The van der Waals surface area contributed by atoms with Crippen molar-refractivity contribution in [1.29, 1.82) is 0 Å². The largest absolute Gasteiger partial charge is 0.493 e. The summed E-state index contributed by atoms with van der Waals surface area (Å²) < 4.78 is 11.9. The van der Waals surface area contributed by atoms with Crippen LogP contribution in [-0.2, 0) is 16.2 Å². The van der Waals surface area contributed by atoms with E-state index in [0.29, 0.717) is 42.9 Å². The zero-order valence-electron chi connectivity index (χ0n) is 16.5. The van der Waals surface area contributed by atoms with Crippen LogP contribution in [0.15, 0.2) is 41.3 Å². The van der Waals surface area contributed by atoms with Crippen LogP contribution >= 0.6 is 34.4 Å². The molecule has 2 amide bonds. The van der Waals surface area contributed by atoms with Gasteiger partial charge in [0.05, 0.1) is 21.1 Å². The third kappa shape index (κ3) is 5.40. The van der Waals surface area contributed by atoms with Crippen LogP contribution in [0.25, 0.3) is 6.08 Å². The van der Waals surface area contributed by atoms with Gasteiger partial charge in [-0.15, -0.1) is 0 Å². The molecule has 0 aliphatic carbocycles. The normalized spacial score (nSPS) is 14.7. The lowest BCUT2D eigenvalue weighted by Crippen LogP contribution is -2.33. The fourth-order valence-corrected chi connectivity index (χ4v) is 4.46. The molecule has 0 bridgehead atoms. The van der Waals surface area contributed by atoms with Crippen LogP contribution in [0.5, 0.6) is 11.5 Å². The molecule has 0 radical (unpaired) electrons. The number of hydrogen-bond donors (Lipinski definition) is 2. The minimum absolute atomic E-state index is 0.105. The maximum absolute atomic E-state index is 12.3.